The molecular weight excluding hydrogens is 321 g/mol. The van der Waals surface area contributed by atoms with Crippen molar-refractivity contribution in [2.75, 3.05) is 5.32 Å². The number of halogens is 3. The molecule has 1 aliphatic rings. The van der Waals surface area contributed by atoms with E-state index < -0.39 is 0 Å². The Kier molecular flexibility index (Phi) is 4.27. The van der Waals surface area contributed by atoms with E-state index in [0.717, 1.165) is 22.0 Å². The molecule has 0 aliphatic heterocycles. The molecule has 4 heteroatoms. The monoisotopic (exact) mass is 335 g/mol. The largest absolute Gasteiger partial charge is 0.380 e. The van der Waals surface area contributed by atoms with Gasteiger partial charge in [-0.3, -0.25) is 0 Å². The number of anilines is 1. The van der Waals surface area contributed by atoms with Gasteiger partial charge >= 0.3 is 0 Å². The molecule has 1 aromatic carbocycles. The van der Waals surface area contributed by atoms with Crippen molar-refractivity contribution >= 4 is 44.8 Å². The third-order valence-electron chi connectivity index (χ3n) is 3.47. The molecule has 0 amide bonds. The summed E-state index contributed by atoms with van der Waals surface area (Å²) in [6.07, 6.45) is 2.42. The van der Waals surface area contributed by atoms with Gasteiger partial charge < -0.3 is 5.32 Å². The van der Waals surface area contributed by atoms with Gasteiger partial charge in [0.1, 0.15) is 0 Å². The van der Waals surface area contributed by atoms with Gasteiger partial charge in [0.2, 0.25) is 0 Å². The lowest BCUT2D eigenvalue weighted by molar-refractivity contribution is 0.212. The third-order valence-corrected chi connectivity index (χ3v) is 4.53. The van der Waals surface area contributed by atoms with E-state index in [1.807, 2.05) is 12.1 Å². The Morgan fingerprint density at radius 1 is 1.24 bits per heavy atom. The molecule has 2 rings (SSSR count). The molecule has 17 heavy (non-hydrogen) atoms. The van der Waals surface area contributed by atoms with Gasteiger partial charge in [0.25, 0.3) is 0 Å². The van der Waals surface area contributed by atoms with Gasteiger partial charge in [-0.15, -0.1) is 0 Å². The number of nitrogens with one attached hydrogen (secondary N) is 1. The third kappa shape index (κ3) is 3.10. The van der Waals surface area contributed by atoms with E-state index in [1.54, 1.807) is 0 Å². The quantitative estimate of drug-likeness (QED) is 0.757. The van der Waals surface area contributed by atoms with Crippen LogP contribution in [0.2, 0.25) is 10.0 Å². The van der Waals surface area contributed by atoms with Gasteiger partial charge in [-0.05, 0) is 36.8 Å². The van der Waals surface area contributed by atoms with Crippen molar-refractivity contribution in [3.63, 3.8) is 0 Å². The van der Waals surface area contributed by atoms with Gasteiger partial charge in [0.15, 0.2) is 0 Å². The topological polar surface area (TPSA) is 12.0 Å². The summed E-state index contributed by atoms with van der Waals surface area (Å²) in [4.78, 5) is 0. The van der Waals surface area contributed by atoms with Gasteiger partial charge in [-0.25, -0.2) is 0 Å². The summed E-state index contributed by atoms with van der Waals surface area (Å²) < 4.78 is 0.909. The lowest BCUT2D eigenvalue weighted by Crippen LogP contribution is -2.38. The van der Waals surface area contributed by atoms with Crippen LogP contribution < -0.4 is 5.32 Å². The maximum absolute atomic E-state index is 6.18. The molecule has 0 spiro atoms. The summed E-state index contributed by atoms with van der Waals surface area (Å²) in [5.41, 5.74) is 0.865. The fraction of sp³-hybridized carbons (Fsp3) is 0.538. The van der Waals surface area contributed by atoms with Crippen LogP contribution in [0.15, 0.2) is 16.6 Å². The minimum Gasteiger partial charge on any atom is -0.380 e. The summed E-state index contributed by atoms with van der Waals surface area (Å²) >= 11 is 15.7. The Balaban J connectivity index is 2.01. The zero-order valence-corrected chi connectivity index (χ0v) is 13.0. The van der Waals surface area contributed by atoms with Crippen molar-refractivity contribution < 1.29 is 0 Å². The Morgan fingerprint density at radius 2 is 1.76 bits per heavy atom. The van der Waals surface area contributed by atoms with Crippen LogP contribution in [0.1, 0.15) is 26.7 Å². The molecule has 0 unspecified atom stereocenters. The molecule has 0 radical (unpaired) electrons. The summed E-state index contributed by atoms with van der Waals surface area (Å²) in [6, 6.07) is 4.25. The predicted octanol–water partition coefficient (Wildman–Crippen LogP) is 5.60. The van der Waals surface area contributed by atoms with Crippen molar-refractivity contribution in [3.05, 3.63) is 26.7 Å². The molecule has 1 aliphatic carbocycles. The van der Waals surface area contributed by atoms with Gasteiger partial charge in [-0.1, -0.05) is 53.0 Å². The highest BCUT2D eigenvalue weighted by Gasteiger charge is 2.31. The maximum atomic E-state index is 6.18. The molecule has 1 aromatic rings. The van der Waals surface area contributed by atoms with E-state index in [0.29, 0.717) is 16.1 Å². The van der Waals surface area contributed by atoms with Crippen LogP contribution in [0.4, 0.5) is 5.69 Å². The molecule has 94 valence electrons. The molecule has 1 fully saturated rings. The second-order valence-electron chi connectivity index (χ2n) is 5.06. The summed E-state index contributed by atoms with van der Waals surface area (Å²) in [7, 11) is 0. The fourth-order valence-corrected chi connectivity index (χ4v) is 3.53. The number of hydrogen-bond acceptors (Lipinski definition) is 1. The zero-order valence-electron chi connectivity index (χ0n) is 9.93. The Labute approximate surface area is 121 Å². The van der Waals surface area contributed by atoms with Crippen LogP contribution in [-0.4, -0.2) is 6.04 Å². The first-order chi connectivity index (χ1) is 7.97. The van der Waals surface area contributed by atoms with Crippen LogP contribution in [0.5, 0.6) is 0 Å². The molecule has 1 N–H and O–H groups in total. The standard InChI is InChI=1S/C13H16BrCl2N/c1-7(2)8-3-10(4-8)17-13-11(15)5-9(14)6-12(13)16/h5-8,10,17H,3-4H2,1-2H3. The first-order valence-electron chi connectivity index (χ1n) is 5.88. The van der Waals surface area contributed by atoms with Crippen molar-refractivity contribution in [2.45, 2.75) is 32.7 Å². The average Bonchev–Trinajstić information content (AvgIpc) is 2.12. The Hall–Kier alpha value is 0.0800. The summed E-state index contributed by atoms with van der Waals surface area (Å²) in [5.74, 6) is 1.60. The molecule has 0 aromatic heterocycles. The molecule has 1 saturated carbocycles. The van der Waals surface area contributed by atoms with Gasteiger partial charge in [0, 0.05) is 10.5 Å². The van der Waals surface area contributed by atoms with Gasteiger partial charge in [0.05, 0.1) is 15.7 Å². The fourth-order valence-electron chi connectivity index (χ4n) is 2.21. The van der Waals surface area contributed by atoms with Crippen molar-refractivity contribution in [3.8, 4) is 0 Å². The molecule has 0 bridgehead atoms. The Bertz CT molecular complexity index is 391. The van der Waals surface area contributed by atoms with E-state index in [1.165, 1.54) is 12.8 Å². The lowest BCUT2D eigenvalue weighted by atomic mass is 9.73. The highest BCUT2D eigenvalue weighted by atomic mass is 79.9. The van der Waals surface area contributed by atoms with Crippen molar-refractivity contribution in [1.29, 1.82) is 0 Å². The van der Waals surface area contributed by atoms with Gasteiger partial charge in [-0.2, -0.15) is 0 Å². The van der Waals surface area contributed by atoms with E-state index in [2.05, 4.69) is 35.1 Å². The second kappa shape index (κ2) is 5.38. The first kappa shape index (κ1) is 13.5. The van der Waals surface area contributed by atoms with E-state index >= 15 is 0 Å². The number of hydrogen-bond donors (Lipinski definition) is 1. The number of benzene rings is 1. The smallest absolute Gasteiger partial charge is 0.0721 e. The normalized spacial score (nSPS) is 23.6. The minimum atomic E-state index is 0.513. The molecule has 0 atom stereocenters. The average molecular weight is 337 g/mol. The van der Waals surface area contributed by atoms with E-state index in [4.69, 9.17) is 23.2 Å². The zero-order chi connectivity index (χ0) is 12.6. The van der Waals surface area contributed by atoms with Crippen LogP contribution in [0, 0.1) is 11.8 Å². The van der Waals surface area contributed by atoms with Crippen LogP contribution in [0.3, 0.4) is 0 Å². The molecule has 0 saturated heterocycles. The predicted molar refractivity (Wildman–Crippen MR) is 79.1 cm³/mol. The van der Waals surface area contributed by atoms with Crippen molar-refractivity contribution in [2.24, 2.45) is 11.8 Å². The molecule has 1 nitrogen and oxygen atoms in total. The van der Waals surface area contributed by atoms with E-state index in [-0.39, 0.29) is 0 Å². The second-order valence-corrected chi connectivity index (χ2v) is 6.79. The lowest BCUT2D eigenvalue weighted by Gasteiger charge is -2.39. The highest BCUT2D eigenvalue weighted by Crippen LogP contribution is 2.39. The molecule has 0 heterocycles. The maximum Gasteiger partial charge on any atom is 0.0721 e. The summed E-state index contributed by atoms with van der Waals surface area (Å²) in [5, 5.41) is 4.80. The number of rotatable bonds is 3. The summed E-state index contributed by atoms with van der Waals surface area (Å²) in [6.45, 7) is 4.56. The Morgan fingerprint density at radius 3 is 2.24 bits per heavy atom. The highest BCUT2D eigenvalue weighted by molar-refractivity contribution is 9.10. The SMILES string of the molecule is CC(C)C1CC(Nc2c(Cl)cc(Br)cc2Cl)C1. The van der Waals surface area contributed by atoms with E-state index in [9.17, 15) is 0 Å². The minimum absolute atomic E-state index is 0.513. The van der Waals surface area contributed by atoms with Crippen molar-refractivity contribution in [1.82, 2.24) is 0 Å². The first-order valence-corrected chi connectivity index (χ1v) is 7.43. The van der Waals surface area contributed by atoms with Crippen LogP contribution >= 0.6 is 39.1 Å². The van der Waals surface area contributed by atoms with Crippen LogP contribution in [-0.2, 0) is 0 Å². The molecular formula is C13H16BrCl2N. The van der Waals surface area contributed by atoms with Crippen LogP contribution in [0.25, 0.3) is 0 Å².